The first-order valence-electron chi connectivity index (χ1n) is 10.2. The van der Waals surface area contributed by atoms with Crippen molar-refractivity contribution in [3.63, 3.8) is 0 Å². The zero-order valence-electron chi connectivity index (χ0n) is 16.2. The molecule has 2 aliphatic rings. The Bertz CT molecular complexity index is 608. The van der Waals surface area contributed by atoms with Gasteiger partial charge in [-0.05, 0) is 44.6 Å². The number of hydrogen-bond donors (Lipinski definition) is 1. The van der Waals surface area contributed by atoms with Crippen molar-refractivity contribution in [1.82, 2.24) is 15.1 Å². The Morgan fingerprint density at radius 1 is 1.04 bits per heavy atom. The normalized spacial score (nSPS) is 19.6. The number of likely N-dealkylation sites (tertiary alicyclic amines) is 2. The molecule has 2 aliphatic heterocycles. The predicted molar refractivity (Wildman–Crippen MR) is 104 cm³/mol. The molecule has 6 nitrogen and oxygen atoms in total. The highest BCUT2D eigenvalue weighted by Crippen LogP contribution is 2.22. The molecule has 1 aromatic rings. The van der Waals surface area contributed by atoms with Gasteiger partial charge in [-0.15, -0.1) is 0 Å². The van der Waals surface area contributed by atoms with E-state index < -0.39 is 0 Å². The first-order valence-corrected chi connectivity index (χ1v) is 10.2. The molecular weight excluding hydrogens is 342 g/mol. The van der Waals surface area contributed by atoms with Crippen LogP contribution >= 0.6 is 0 Å². The number of amides is 2. The quantitative estimate of drug-likeness (QED) is 0.862. The van der Waals surface area contributed by atoms with E-state index >= 15 is 0 Å². The molecule has 2 amide bonds. The van der Waals surface area contributed by atoms with Gasteiger partial charge in [0.2, 0.25) is 5.91 Å². The molecule has 0 bridgehead atoms. The SMILES string of the molecule is CCOC(=O)N1CCC(N[C@@H](C(=O)N2CCCCC2)c2ccccc2)CC1. The third kappa shape index (κ3) is 5.22. The van der Waals surface area contributed by atoms with Gasteiger partial charge in [-0.1, -0.05) is 30.3 Å². The zero-order chi connectivity index (χ0) is 19.1. The van der Waals surface area contributed by atoms with E-state index in [9.17, 15) is 9.59 Å². The summed E-state index contributed by atoms with van der Waals surface area (Å²) in [5, 5.41) is 3.59. The summed E-state index contributed by atoms with van der Waals surface area (Å²) in [6.07, 6.45) is 4.81. The van der Waals surface area contributed by atoms with E-state index in [-0.39, 0.29) is 24.1 Å². The van der Waals surface area contributed by atoms with Crippen molar-refractivity contribution < 1.29 is 14.3 Å². The van der Waals surface area contributed by atoms with Crippen LogP contribution in [0.1, 0.15) is 50.6 Å². The highest BCUT2D eigenvalue weighted by Gasteiger charge is 2.31. The van der Waals surface area contributed by atoms with Crippen molar-refractivity contribution >= 4 is 12.0 Å². The third-order valence-corrected chi connectivity index (χ3v) is 5.47. The number of benzene rings is 1. The summed E-state index contributed by atoms with van der Waals surface area (Å²) in [6.45, 7) is 5.25. The maximum atomic E-state index is 13.2. The minimum Gasteiger partial charge on any atom is -0.450 e. The number of piperidine rings is 2. The smallest absolute Gasteiger partial charge is 0.409 e. The average Bonchev–Trinajstić information content (AvgIpc) is 2.73. The van der Waals surface area contributed by atoms with Crippen LogP contribution in [0.25, 0.3) is 0 Å². The van der Waals surface area contributed by atoms with Crippen LogP contribution in [0.3, 0.4) is 0 Å². The summed E-state index contributed by atoms with van der Waals surface area (Å²) in [5.41, 5.74) is 1.01. The monoisotopic (exact) mass is 373 g/mol. The van der Waals surface area contributed by atoms with Crippen LogP contribution in [0, 0.1) is 0 Å². The van der Waals surface area contributed by atoms with Gasteiger partial charge in [0.25, 0.3) is 0 Å². The number of nitrogens with zero attached hydrogens (tertiary/aromatic N) is 2. The fourth-order valence-electron chi connectivity index (χ4n) is 3.93. The molecule has 0 saturated carbocycles. The third-order valence-electron chi connectivity index (χ3n) is 5.47. The number of nitrogens with one attached hydrogen (secondary N) is 1. The molecule has 2 heterocycles. The van der Waals surface area contributed by atoms with E-state index in [2.05, 4.69) is 5.32 Å². The lowest BCUT2D eigenvalue weighted by Gasteiger charge is -2.36. The molecule has 2 fully saturated rings. The Hall–Kier alpha value is -2.08. The van der Waals surface area contributed by atoms with Crippen LogP contribution in [0.5, 0.6) is 0 Å². The van der Waals surface area contributed by atoms with E-state index in [1.165, 1.54) is 6.42 Å². The molecule has 148 valence electrons. The van der Waals surface area contributed by atoms with Gasteiger partial charge in [0.1, 0.15) is 6.04 Å². The molecule has 0 spiro atoms. The summed E-state index contributed by atoms with van der Waals surface area (Å²) < 4.78 is 5.09. The van der Waals surface area contributed by atoms with E-state index in [0.29, 0.717) is 19.7 Å². The van der Waals surface area contributed by atoms with Crippen molar-refractivity contribution in [3.05, 3.63) is 35.9 Å². The van der Waals surface area contributed by atoms with Crippen molar-refractivity contribution in [1.29, 1.82) is 0 Å². The maximum absolute atomic E-state index is 13.2. The van der Waals surface area contributed by atoms with Gasteiger partial charge in [-0.2, -0.15) is 0 Å². The summed E-state index contributed by atoms with van der Waals surface area (Å²) in [6, 6.07) is 9.89. The van der Waals surface area contributed by atoms with Crippen molar-refractivity contribution in [2.24, 2.45) is 0 Å². The number of ether oxygens (including phenoxy) is 1. The van der Waals surface area contributed by atoms with Crippen LogP contribution in [0.15, 0.2) is 30.3 Å². The molecule has 1 N–H and O–H groups in total. The highest BCUT2D eigenvalue weighted by molar-refractivity contribution is 5.83. The topological polar surface area (TPSA) is 61.9 Å². The fourth-order valence-corrected chi connectivity index (χ4v) is 3.93. The Kier molecular flexibility index (Phi) is 7.10. The van der Waals surface area contributed by atoms with Crippen molar-refractivity contribution in [2.45, 2.75) is 51.1 Å². The second kappa shape index (κ2) is 9.74. The van der Waals surface area contributed by atoms with Gasteiger partial charge >= 0.3 is 6.09 Å². The number of carbonyl (C=O) groups is 2. The minimum atomic E-state index is -0.316. The van der Waals surface area contributed by atoms with E-state index in [4.69, 9.17) is 4.74 Å². The van der Waals surface area contributed by atoms with Crippen molar-refractivity contribution in [2.75, 3.05) is 32.8 Å². The fraction of sp³-hybridized carbons (Fsp3) is 0.619. The van der Waals surface area contributed by atoms with Gasteiger partial charge in [-0.3, -0.25) is 10.1 Å². The minimum absolute atomic E-state index is 0.175. The molecule has 3 rings (SSSR count). The summed E-state index contributed by atoms with van der Waals surface area (Å²) in [7, 11) is 0. The summed E-state index contributed by atoms with van der Waals surface area (Å²) in [5.74, 6) is 0.175. The van der Waals surface area contributed by atoms with Crippen LogP contribution in [-0.4, -0.2) is 60.6 Å². The van der Waals surface area contributed by atoms with Gasteiger partial charge in [0, 0.05) is 32.2 Å². The molecular formula is C21H31N3O3. The average molecular weight is 373 g/mol. The molecule has 0 aliphatic carbocycles. The van der Waals surface area contributed by atoms with E-state index in [1.807, 2.05) is 42.2 Å². The zero-order valence-corrected chi connectivity index (χ0v) is 16.2. The van der Waals surface area contributed by atoms with Crippen molar-refractivity contribution in [3.8, 4) is 0 Å². The Labute approximate surface area is 161 Å². The molecule has 27 heavy (non-hydrogen) atoms. The van der Waals surface area contributed by atoms with Crippen LogP contribution in [0.4, 0.5) is 4.79 Å². The molecule has 1 aromatic carbocycles. The molecule has 1 atom stereocenters. The molecule has 0 unspecified atom stereocenters. The first kappa shape index (κ1) is 19.7. The van der Waals surface area contributed by atoms with E-state index in [0.717, 1.165) is 44.3 Å². The summed E-state index contributed by atoms with van der Waals surface area (Å²) in [4.78, 5) is 28.9. The maximum Gasteiger partial charge on any atom is 0.409 e. The highest BCUT2D eigenvalue weighted by atomic mass is 16.6. The van der Waals surface area contributed by atoms with Gasteiger partial charge < -0.3 is 14.5 Å². The van der Waals surface area contributed by atoms with Gasteiger partial charge in [-0.25, -0.2) is 4.79 Å². The van der Waals surface area contributed by atoms with Crippen LogP contribution in [0.2, 0.25) is 0 Å². The second-order valence-corrected chi connectivity index (χ2v) is 7.36. The summed E-state index contributed by atoms with van der Waals surface area (Å²) >= 11 is 0. The Morgan fingerprint density at radius 2 is 1.70 bits per heavy atom. The lowest BCUT2D eigenvalue weighted by atomic mass is 9.99. The predicted octanol–water partition coefficient (Wildman–Crippen LogP) is 2.95. The van der Waals surface area contributed by atoms with E-state index in [1.54, 1.807) is 4.90 Å². The van der Waals surface area contributed by atoms with Crippen LogP contribution < -0.4 is 5.32 Å². The van der Waals surface area contributed by atoms with Crippen LogP contribution in [-0.2, 0) is 9.53 Å². The largest absolute Gasteiger partial charge is 0.450 e. The number of rotatable bonds is 5. The molecule has 0 radical (unpaired) electrons. The standard InChI is InChI=1S/C21H31N3O3/c1-2-27-21(26)24-15-11-18(12-16-24)22-19(17-9-5-3-6-10-17)20(25)23-13-7-4-8-14-23/h3,5-6,9-10,18-19,22H,2,4,7-8,11-16H2,1H3/t19-/m1/s1. The molecule has 6 heteroatoms. The van der Waals surface area contributed by atoms with Gasteiger partial charge in [0.05, 0.1) is 6.61 Å². The lowest BCUT2D eigenvalue weighted by Crippen LogP contribution is -2.50. The Balaban J connectivity index is 1.64. The molecule has 0 aromatic heterocycles. The first-order chi connectivity index (χ1) is 13.2. The second-order valence-electron chi connectivity index (χ2n) is 7.36. The number of hydrogen-bond acceptors (Lipinski definition) is 4. The molecule has 2 saturated heterocycles. The lowest BCUT2D eigenvalue weighted by molar-refractivity contribution is -0.134. The number of carbonyl (C=O) groups excluding carboxylic acids is 2. The van der Waals surface area contributed by atoms with Gasteiger partial charge in [0.15, 0.2) is 0 Å². The Morgan fingerprint density at radius 3 is 2.33 bits per heavy atom.